The molecule has 3 aromatic heterocycles. The number of hydrogen-bond donors (Lipinski definition) is 1. The van der Waals surface area contributed by atoms with Crippen molar-refractivity contribution in [3.8, 4) is 0 Å². The predicted octanol–water partition coefficient (Wildman–Crippen LogP) is 4.50. The highest BCUT2D eigenvalue weighted by atomic mass is 16.5. The van der Waals surface area contributed by atoms with Gasteiger partial charge in [-0.25, -0.2) is 4.68 Å². The Kier molecular flexibility index (Phi) is 7.48. The summed E-state index contributed by atoms with van der Waals surface area (Å²) in [4.78, 5) is 23.6. The molecule has 5 aromatic rings. The van der Waals surface area contributed by atoms with Crippen LogP contribution < -0.4 is 5.56 Å². The molecule has 1 aliphatic rings. The van der Waals surface area contributed by atoms with E-state index in [9.17, 15) is 4.79 Å². The van der Waals surface area contributed by atoms with Crippen LogP contribution in [0.15, 0.2) is 77.9 Å². The number of nitrogens with zero attached hydrogens (tertiary/aromatic N) is 6. The first-order valence-corrected chi connectivity index (χ1v) is 13.7. The summed E-state index contributed by atoms with van der Waals surface area (Å²) >= 11 is 0. The molecule has 2 aromatic carbocycles. The van der Waals surface area contributed by atoms with Crippen molar-refractivity contribution in [3.63, 3.8) is 0 Å². The van der Waals surface area contributed by atoms with Gasteiger partial charge < -0.3 is 9.72 Å². The van der Waals surface area contributed by atoms with Gasteiger partial charge in [-0.05, 0) is 89.0 Å². The Morgan fingerprint density at radius 1 is 1.05 bits per heavy atom. The van der Waals surface area contributed by atoms with E-state index in [1.54, 1.807) is 6.20 Å². The molecule has 0 amide bonds. The molecule has 9 nitrogen and oxygen atoms in total. The van der Waals surface area contributed by atoms with E-state index < -0.39 is 6.04 Å². The number of tetrazole rings is 1. The average molecular weight is 536 g/mol. The lowest BCUT2D eigenvalue weighted by molar-refractivity contribution is 0.0903. The van der Waals surface area contributed by atoms with Crippen LogP contribution in [0.3, 0.4) is 0 Å². The van der Waals surface area contributed by atoms with E-state index >= 15 is 0 Å². The molecule has 1 aliphatic heterocycles. The van der Waals surface area contributed by atoms with Gasteiger partial charge in [0.25, 0.3) is 5.56 Å². The number of aryl methyl sites for hydroxylation is 2. The Balaban J connectivity index is 1.51. The molecule has 4 heterocycles. The molecule has 0 bridgehead atoms. The third-order valence-corrected chi connectivity index (χ3v) is 7.69. The average Bonchev–Trinajstić information content (AvgIpc) is 3.64. The van der Waals surface area contributed by atoms with Crippen molar-refractivity contribution in [1.29, 1.82) is 0 Å². The minimum Gasteiger partial charge on any atom is -0.376 e. The Labute approximate surface area is 232 Å². The number of ether oxygens (including phenoxy) is 1. The summed E-state index contributed by atoms with van der Waals surface area (Å²) in [6, 6.07) is 19.9. The summed E-state index contributed by atoms with van der Waals surface area (Å²) in [7, 11) is 0. The Bertz CT molecular complexity index is 1600. The lowest BCUT2D eigenvalue weighted by Crippen LogP contribution is -2.35. The van der Waals surface area contributed by atoms with Gasteiger partial charge in [-0.3, -0.25) is 14.7 Å². The SMILES string of the molecule is Cc1cc2cc([C@H](c3nnnn3C[C@@H]3CCCO3)N(Cc3ccccc3)Cc3cccnc3)c(=O)[nH]c2cc1C. The number of pyridine rings is 2. The fourth-order valence-corrected chi connectivity index (χ4v) is 5.50. The maximum absolute atomic E-state index is 13.8. The molecule has 1 fully saturated rings. The van der Waals surface area contributed by atoms with Crippen molar-refractivity contribution in [2.45, 2.75) is 58.5 Å². The summed E-state index contributed by atoms with van der Waals surface area (Å²) in [5, 5.41) is 13.9. The molecule has 0 saturated carbocycles. The monoisotopic (exact) mass is 535 g/mol. The number of fused-ring (bicyclic) bond motifs is 1. The smallest absolute Gasteiger partial charge is 0.253 e. The van der Waals surface area contributed by atoms with Crippen molar-refractivity contribution in [2.75, 3.05) is 6.61 Å². The Morgan fingerprint density at radius 3 is 2.62 bits per heavy atom. The second kappa shape index (κ2) is 11.5. The zero-order valence-electron chi connectivity index (χ0n) is 22.8. The molecule has 1 saturated heterocycles. The van der Waals surface area contributed by atoms with E-state index in [1.807, 2.05) is 53.3 Å². The van der Waals surface area contributed by atoms with Crippen molar-refractivity contribution in [3.05, 3.63) is 117 Å². The highest BCUT2D eigenvalue weighted by Crippen LogP contribution is 2.31. The summed E-state index contributed by atoms with van der Waals surface area (Å²) < 4.78 is 7.73. The molecule has 6 rings (SSSR count). The van der Waals surface area contributed by atoms with Crippen LogP contribution in [0.4, 0.5) is 0 Å². The van der Waals surface area contributed by atoms with Gasteiger partial charge in [0, 0.05) is 43.2 Å². The zero-order chi connectivity index (χ0) is 27.5. The highest BCUT2D eigenvalue weighted by molar-refractivity contribution is 5.81. The van der Waals surface area contributed by atoms with E-state index in [2.05, 4.69) is 62.4 Å². The minimum absolute atomic E-state index is 0.0457. The number of benzene rings is 2. The van der Waals surface area contributed by atoms with Crippen molar-refractivity contribution in [2.24, 2.45) is 0 Å². The molecule has 0 spiro atoms. The fraction of sp³-hybridized carbons (Fsp3) is 0.323. The van der Waals surface area contributed by atoms with Gasteiger partial charge >= 0.3 is 0 Å². The lowest BCUT2D eigenvalue weighted by atomic mass is 9.99. The number of aromatic amines is 1. The molecular formula is C31H33N7O2. The molecule has 2 atom stereocenters. The summed E-state index contributed by atoms with van der Waals surface area (Å²) in [5.41, 5.74) is 5.72. The van der Waals surface area contributed by atoms with Gasteiger partial charge in [0.05, 0.1) is 12.6 Å². The topological polar surface area (TPSA) is 102 Å². The summed E-state index contributed by atoms with van der Waals surface area (Å²) in [6.45, 7) is 6.55. The third-order valence-electron chi connectivity index (χ3n) is 7.69. The molecule has 0 radical (unpaired) electrons. The first-order chi connectivity index (χ1) is 19.5. The van der Waals surface area contributed by atoms with Crippen molar-refractivity contribution >= 4 is 10.9 Å². The first-order valence-electron chi connectivity index (χ1n) is 13.7. The molecule has 1 N–H and O–H groups in total. The number of nitrogens with one attached hydrogen (secondary N) is 1. The van der Waals surface area contributed by atoms with Crippen LogP contribution >= 0.6 is 0 Å². The van der Waals surface area contributed by atoms with Gasteiger partial charge in [0.15, 0.2) is 5.82 Å². The molecule has 40 heavy (non-hydrogen) atoms. The highest BCUT2D eigenvalue weighted by Gasteiger charge is 2.32. The maximum Gasteiger partial charge on any atom is 0.253 e. The van der Waals surface area contributed by atoms with E-state index in [4.69, 9.17) is 4.74 Å². The van der Waals surface area contributed by atoms with Crippen LogP contribution in [0.25, 0.3) is 10.9 Å². The third kappa shape index (κ3) is 5.57. The van der Waals surface area contributed by atoms with E-state index in [-0.39, 0.29) is 11.7 Å². The van der Waals surface area contributed by atoms with Gasteiger partial charge in [-0.1, -0.05) is 36.4 Å². The molecule has 0 unspecified atom stereocenters. The van der Waals surface area contributed by atoms with Crippen molar-refractivity contribution in [1.82, 2.24) is 35.1 Å². The Morgan fingerprint density at radius 2 is 1.85 bits per heavy atom. The second-order valence-corrected chi connectivity index (χ2v) is 10.6. The number of aromatic nitrogens is 6. The Hall–Kier alpha value is -4.21. The van der Waals surface area contributed by atoms with Crippen LogP contribution in [0.5, 0.6) is 0 Å². The predicted molar refractivity (Wildman–Crippen MR) is 153 cm³/mol. The molecular weight excluding hydrogens is 502 g/mol. The molecule has 204 valence electrons. The molecule has 0 aliphatic carbocycles. The van der Waals surface area contributed by atoms with Crippen LogP contribution in [0.1, 0.15) is 52.5 Å². The minimum atomic E-state index is -0.522. The maximum atomic E-state index is 13.8. The number of H-pyrrole nitrogens is 1. The van der Waals surface area contributed by atoms with Crippen LogP contribution in [-0.2, 0) is 24.4 Å². The standard InChI is InChI=1S/C31H33N7O2/c1-21-14-25-16-27(31(39)33-28(25)15-22(21)2)29(30-34-35-36-38(30)20-26-11-7-13-40-26)37(18-23-8-4-3-5-9-23)19-24-10-6-12-32-17-24/h3-6,8-10,12,14-17,26,29H,7,11,13,18-20H2,1-2H3,(H,33,39)/t26-,29+/m0/s1. The van der Waals surface area contributed by atoms with Gasteiger partial charge in [0.1, 0.15) is 6.04 Å². The fourth-order valence-electron chi connectivity index (χ4n) is 5.50. The lowest BCUT2D eigenvalue weighted by Gasteiger charge is -2.31. The molecule has 9 heteroatoms. The number of rotatable bonds is 9. The van der Waals surface area contributed by atoms with Gasteiger partial charge in [-0.2, -0.15) is 0 Å². The summed E-state index contributed by atoms with van der Waals surface area (Å²) in [5.74, 6) is 0.615. The quantitative estimate of drug-likeness (QED) is 0.297. The van der Waals surface area contributed by atoms with E-state index in [0.717, 1.165) is 47.0 Å². The first kappa shape index (κ1) is 26.0. The largest absolute Gasteiger partial charge is 0.376 e. The number of hydrogen-bond acceptors (Lipinski definition) is 7. The van der Waals surface area contributed by atoms with Crippen LogP contribution in [0.2, 0.25) is 0 Å². The summed E-state index contributed by atoms with van der Waals surface area (Å²) in [6.07, 6.45) is 5.66. The van der Waals surface area contributed by atoms with E-state index in [1.165, 1.54) is 5.56 Å². The second-order valence-electron chi connectivity index (χ2n) is 10.6. The van der Waals surface area contributed by atoms with Crippen LogP contribution in [-0.4, -0.2) is 47.8 Å². The van der Waals surface area contributed by atoms with E-state index in [0.29, 0.717) is 31.0 Å². The van der Waals surface area contributed by atoms with Gasteiger partial charge in [0.2, 0.25) is 0 Å². The normalized spacial score (nSPS) is 16.1. The van der Waals surface area contributed by atoms with Crippen molar-refractivity contribution < 1.29 is 4.74 Å². The van der Waals surface area contributed by atoms with Crippen LogP contribution in [0, 0.1) is 13.8 Å². The van der Waals surface area contributed by atoms with Gasteiger partial charge in [-0.15, -0.1) is 5.10 Å². The zero-order valence-corrected chi connectivity index (χ0v) is 22.8.